The van der Waals surface area contributed by atoms with Gasteiger partial charge >= 0.3 is 0 Å². The van der Waals surface area contributed by atoms with Crippen molar-refractivity contribution in [1.29, 1.82) is 0 Å². The molecule has 2 rings (SSSR count). The van der Waals surface area contributed by atoms with Crippen molar-refractivity contribution in [2.24, 2.45) is 0 Å². The van der Waals surface area contributed by atoms with E-state index in [1.165, 1.54) is 53.0 Å². The molecular formula is C22H35ClN2OS2. The first-order valence-electron chi connectivity index (χ1n) is 10.1. The second-order valence-electron chi connectivity index (χ2n) is 7.25. The van der Waals surface area contributed by atoms with Crippen LogP contribution in [-0.4, -0.2) is 38.0 Å². The summed E-state index contributed by atoms with van der Waals surface area (Å²) >= 11 is 3.78. The van der Waals surface area contributed by atoms with Crippen molar-refractivity contribution in [3.63, 3.8) is 0 Å². The van der Waals surface area contributed by atoms with Gasteiger partial charge in [-0.25, -0.2) is 0 Å². The number of nitrogens with one attached hydrogen (secondary N) is 1. The molecule has 0 spiro atoms. The van der Waals surface area contributed by atoms with Gasteiger partial charge in [0.1, 0.15) is 0 Å². The van der Waals surface area contributed by atoms with E-state index in [0.29, 0.717) is 6.54 Å². The summed E-state index contributed by atoms with van der Waals surface area (Å²) in [5.74, 6) is 0.132. The lowest BCUT2D eigenvalue weighted by Gasteiger charge is -2.11. The molecule has 0 aliphatic heterocycles. The number of carbonyl (C=O) groups is 1. The Bertz CT molecular complexity index is 709. The van der Waals surface area contributed by atoms with Crippen molar-refractivity contribution >= 4 is 41.0 Å². The number of aryl methyl sites for hydroxylation is 1. The number of amides is 1. The number of unbranched alkanes of at least 4 members (excludes halogenated alkanes) is 2. The zero-order valence-corrected chi connectivity index (χ0v) is 20.1. The van der Waals surface area contributed by atoms with E-state index >= 15 is 0 Å². The summed E-state index contributed by atoms with van der Waals surface area (Å²) in [5, 5.41) is 7.91. The van der Waals surface area contributed by atoms with E-state index in [1.807, 2.05) is 22.7 Å². The van der Waals surface area contributed by atoms with Gasteiger partial charge in [-0.15, -0.1) is 35.1 Å². The summed E-state index contributed by atoms with van der Waals surface area (Å²) in [6.07, 6.45) is 8.30. The number of carbonyl (C=O) groups excluding carboxylic acids is 1. The van der Waals surface area contributed by atoms with Gasteiger partial charge in [0.2, 0.25) is 5.91 Å². The standard InChI is InChI=1S/C22H34N2OS2.ClH/c1-5-7-9-17-12-14-26-22(17)19-16-27-20(18(19)10-8-6-2)11-13-23-15-21(25)24(3)4;/h12,14,16,23H,5-11,13,15H2,1-4H3;1H. The third-order valence-corrected chi connectivity index (χ3v) is 6.93. The summed E-state index contributed by atoms with van der Waals surface area (Å²) in [7, 11) is 3.60. The molecule has 1 amide bonds. The van der Waals surface area contributed by atoms with Crippen LogP contribution in [0.25, 0.3) is 10.4 Å². The van der Waals surface area contributed by atoms with Crippen molar-refractivity contribution in [2.45, 2.75) is 58.8 Å². The molecule has 0 unspecified atom stereocenters. The Balaban J connectivity index is 0.00000392. The van der Waals surface area contributed by atoms with E-state index in [2.05, 4.69) is 36.0 Å². The van der Waals surface area contributed by atoms with Crippen LogP contribution in [0.2, 0.25) is 0 Å². The largest absolute Gasteiger partial charge is 0.348 e. The Hall–Kier alpha value is -0.880. The van der Waals surface area contributed by atoms with Crippen LogP contribution in [0.3, 0.4) is 0 Å². The van der Waals surface area contributed by atoms with E-state index in [0.717, 1.165) is 19.4 Å². The van der Waals surface area contributed by atoms with E-state index in [4.69, 9.17) is 0 Å². The Morgan fingerprint density at radius 3 is 2.46 bits per heavy atom. The minimum absolute atomic E-state index is 0. The number of hydrogen-bond acceptors (Lipinski definition) is 4. The van der Waals surface area contributed by atoms with Gasteiger partial charge in [0.25, 0.3) is 0 Å². The zero-order chi connectivity index (χ0) is 19.6. The van der Waals surface area contributed by atoms with Gasteiger partial charge in [0.05, 0.1) is 6.54 Å². The smallest absolute Gasteiger partial charge is 0.236 e. The normalized spacial score (nSPS) is 10.7. The maximum atomic E-state index is 11.7. The quantitative estimate of drug-likeness (QED) is 0.421. The van der Waals surface area contributed by atoms with Crippen molar-refractivity contribution in [3.05, 3.63) is 32.8 Å². The predicted molar refractivity (Wildman–Crippen MR) is 127 cm³/mol. The fourth-order valence-electron chi connectivity index (χ4n) is 3.14. The third kappa shape index (κ3) is 7.18. The molecule has 0 aliphatic carbocycles. The van der Waals surface area contributed by atoms with Crippen molar-refractivity contribution in [3.8, 4) is 10.4 Å². The SMILES string of the molecule is CCCCc1ccsc1-c1csc(CCNCC(=O)N(C)C)c1CCCC.Cl. The van der Waals surface area contributed by atoms with E-state index in [-0.39, 0.29) is 18.3 Å². The van der Waals surface area contributed by atoms with Crippen LogP contribution >= 0.6 is 35.1 Å². The van der Waals surface area contributed by atoms with Gasteiger partial charge in [-0.3, -0.25) is 4.79 Å². The molecule has 158 valence electrons. The lowest BCUT2D eigenvalue weighted by Crippen LogP contribution is -2.33. The second kappa shape index (κ2) is 13.4. The number of rotatable bonds is 12. The number of likely N-dealkylation sites (N-methyl/N-ethyl adjacent to an activating group) is 1. The average molecular weight is 443 g/mol. The number of nitrogens with zero attached hydrogens (tertiary/aromatic N) is 1. The molecule has 0 saturated heterocycles. The first kappa shape index (κ1) is 25.2. The summed E-state index contributed by atoms with van der Waals surface area (Å²) in [6.45, 7) is 5.79. The molecule has 0 bridgehead atoms. The van der Waals surface area contributed by atoms with E-state index < -0.39 is 0 Å². The zero-order valence-electron chi connectivity index (χ0n) is 17.7. The lowest BCUT2D eigenvalue weighted by molar-refractivity contribution is -0.127. The predicted octanol–water partition coefficient (Wildman–Crippen LogP) is 5.80. The van der Waals surface area contributed by atoms with Gasteiger partial charge in [-0.1, -0.05) is 26.7 Å². The topological polar surface area (TPSA) is 32.3 Å². The van der Waals surface area contributed by atoms with E-state index in [9.17, 15) is 4.79 Å². The van der Waals surface area contributed by atoms with E-state index in [1.54, 1.807) is 24.6 Å². The van der Waals surface area contributed by atoms with Crippen molar-refractivity contribution in [2.75, 3.05) is 27.2 Å². The van der Waals surface area contributed by atoms with Crippen LogP contribution in [0, 0.1) is 0 Å². The highest BCUT2D eigenvalue weighted by Gasteiger charge is 2.16. The van der Waals surface area contributed by atoms with Gasteiger partial charge < -0.3 is 10.2 Å². The maximum absolute atomic E-state index is 11.7. The Morgan fingerprint density at radius 2 is 1.79 bits per heavy atom. The lowest BCUT2D eigenvalue weighted by atomic mass is 9.99. The molecule has 28 heavy (non-hydrogen) atoms. The van der Waals surface area contributed by atoms with Crippen LogP contribution in [0.1, 0.15) is 55.5 Å². The highest BCUT2D eigenvalue weighted by molar-refractivity contribution is 7.15. The molecule has 0 aromatic carbocycles. The first-order chi connectivity index (χ1) is 13.1. The minimum Gasteiger partial charge on any atom is -0.348 e. The molecule has 0 atom stereocenters. The molecule has 2 aromatic rings. The molecule has 0 aliphatic rings. The number of halogens is 1. The highest BCUT2D eigenvalue weighted by Crippen LogP contribution is 2.38. The van der Waals surface area contributed by atoms with Gasteiger partial charge in [-0.05, 0) is 60.1 Å². The summed E-state index contributed by atoms with van der Waals surface area (Å²) in [5.41, 5.74) is 4.52. The Kier molecular flexibility index (Phi) is 12.0. The minimum atomic E-state index is 0. The molecule has 0 fully saturated rings. The highest BCUT2D eigenvalue weighted by atomic mass is 35.5. The van der Waals surface area contributed by atoms with Crippen molar-refractivity contribution in [1.82, 2.24) is 10.2 Å². The number of hydrogen-bond donors (Lipinski definition) is 1. The first-order valence-corrected chi connectivity index (χ1v) is 11.9. The van der Waals surface area contributed by atoms with Crippen LogP contribution in [0.15, 0.2) is 16.8 Å². The van der Waals surface area contributed by atoms with Crippen molar-refractivity contribution < 1.29 is 4.79 Å². The summed E-state index contributed by atoms with van der Waals surface area (Å²) in [4.78, 5) is 16.3. The molecular weight excluding hydrogens is 408 g/mol. The third-order valence-electron chi connectivity index (χ3n) is 4.86. The summed E-state index contributed by atoms with van der Waals surface area (Å²) in [6, 6.07) is 2.31. The van der Waals surface area contributed by atoms with Crippen LogP contribution in [0.4, 0.5) is 0 Å². The molecule has 6 heteroatoms. The molecule has 0 radical (unpaired) electrons. The fraction of sp³-hybridized carbons (Fsp3) is 0.591. The van der Waals surface area contributed by atoms with Crippen LogP contribution in [-0.2, 0) is 24.1 Å². The second-order valence-corrected chi connectivity index (χ2v) is 9.13. The molecule has 0 saturated carbocycles. The van der Waals surface area contributed by atoms with Gasteiger partial charge in [-0.2, -0.15) is 0 Å². The maximum Gasteiger partial charge on any atom is 0.236 e. The Morgan fingerprint density at radius 1 is 1.07 bits per heavy atom. The fourth-order valence-corrected chi connectivity index (χ4v) is 5.31. The van der Waals surface area contributed by atoms with Crippen LogP contribution < -0.4 is 5.32 Å². The molecule has 1 N–H and O–H groups in total. The number of thiophene rings is 2. The average Bonchev–Trinajstić information content (AvgIpc) is 3.27. The molecule has 2 heterocycles. The Labute approximate surface area is 185 Å². The summed E-state index contributed by atoms with van der Waals surface area (Å²) < 4.78 is 0. The monoisotopic (exact) mass is 442 g/mol. The van der Waals surface area contributed by atoms with Crippen LogP contribution in [0.5, 0.6) is 0 Å². The van der Waals surface area contributed by atoms with Gasteiger partial charge in [0, 0.05) is 36.0 Å². The molecule has 2 aromatic heterocycles. The van der Waals surface area contributed by atoms with Gasteiger partial charge in [0.15, 0.2) is 0 Å². The molecule has 3 nitrogen and oxygen atoms in total.